The van der Waals surface area contributed by atoms with Crippen molar-refractivity contribution in [3.05, 3.63) is 121 Å². The van der Waals surface area contributed by atoms with Crippen LogP contribution in [0, 0.1) is 0 Å². The third-order valence-electron chi connectivity index (χ3n) is 8.24. The maximum Gasteiger partial charge on any atom is 0.293 e. The minimum Gasteiger partial charge on any atom is -0.469 e. The average molecular weight is 469 g/mol. The van der Waals surface area contributed by atoms with E-state index in [-0.39, 0.29) is 6.71 Å². The zero-order valence-corrected chi connectivity index (χ0v) is 20.0. The monoisotopic (exact) mass is 469 g/mol. The number of para-hydroxylation sites is 2. The second kappa shape index (κ2) is 6.92. The Morgan fingerprint density at radius 2 is 1.19 bits per heavy atom. The largest absolute Gasteiger partial charge is 0.469 e. The molecule has 0 spiro atoms. The van der Waals surface area contributed by atoms with Crippen molar-refractivity contribution in [1.82, 2.24) is 0 Å². The van der Waals surface area contributed by atoms with Gasteiger partial charge in [0.25, 0.3) is 6.71 Å². The van der Waals surface area contributed by atoms with E-state index in [0.717, 1.165) is 11.2 Å². The summed E-state index contributed by atoms with van der Waals surface area (Å²) in [6.07, 6.45) is 0. The molecular formula is C34H20BNO. The van der Waals surface area contributed by atoms with Crippen LogP contribution in [0.15, 0.2) is 126 Å². The third-order valence-corrected chi connectivity index (χ3v) is 8.24. The molecule has 0 fully saturated rings. The number of fused-ring (bicyclic) bond motifs is 12. The number of furan rings is 1. The Labute approximate surface area is 214 Å². The molecule has 3 heterocycles. The number of anilines is 3. The minimum atomic E-state index is 0.0716. The van der Waals surface area contributed by atoms with Gasteiger partial charge in [-0.05, 0) is 56.9 Å². The smallest absolute Gasteiger partial charge is 0.293 e. The highest BCUT2D eigenvalue weighted by Crippen LogP contribution is 2.46. The van der Waals surface area contributed by atoms with Crippen LogP contribution in [0.3, 0.4) is 0 Å². The SMILES string of the molecule is c1ccc(N2c3ccccc3B3c4oc5c6ccccc6c6ccccc6c5c4-c4cccc2c43)cc1. The molecule has 0 amide bonds. The van der Waals surface area contributed by atoms with Gasteiger partial charge in [0.2, 0.25) is 0 Å². The Morgan fingerprint density at radius 1 is 0.541 bits per heavy atom. The van der Waals surface area contributed by atoms with Crippen LogP contribution >= 0.6 is 0 Å². The zero-order chi connectivity index (χ0) is 24.1. The quantitative estimate of drug-likeness (QED) is 0.190. The summed E-state index contributed by atoms with van der Waals surface area (Å²) in [5.74, 6) is 0. The van der Waals surface area contributed by atoms with Crippen molar-refractivity contribution in [2.24, 2.45) is 0 Å². The van der Waals surface area contributed by atoms with Crippen molar-refractivity contribution in [3.63, 3.8) is 0 Å². The molecule has 0 saturated heterocycles. The molecule has 170 valence electrons. The number of nitrogens with zero attached hydrogens (tertiary/aromatic N) is 1. The van der Waals surface area contributed by atoms with E-state index in [1.807, 2.05) is 0 Å². The highest BCUT2D eigenvalue weighted by Gasteiger charge is 2.46. The van der Waals surface area contributed by atoms with Gasteiger partial charge < -0.3 is 9.32 Å². The lowest BCUT2D eigenvalue weighted by atomic mass is 9.39. The summed E-state index contributed by atoms with van der Waals surface area (Å²) in [6, 6.07) is 43.7. The van der Waals surface area contributed by atoms with E-state index in [2.05, 4.69) is 126 Å². The van der Waals surface area contributed by atoms with Crippen molar-refractivity contribution < 1.29 is 4.42 Å². The van der Waals surface area contributed by atoms with Crippen LogP contribution in [-0.4, -0.2) is 6.71 Å². The third kappa shape index (κ3) is 2.37. The standard InChI is InChI=1S/C34H20BNO/c1-2-11-21(12-3-1)36-28-19-9-8-18-27(28)35-32-26(17-10-20-29(32)36)31-30-24-15-6-4-13-22(24)23-14-5-7-16-25(23)33(30)37-34(31)35/h1-20H. The molecular weight excluding hydrogens is 449 g/mol. The summed E-state index contributed by atoms with van der Waals surface area (Å²) in [5.41, 5.74) is 10.9. The molecule has 1 aromatic heterocycles. The molecule has 0 aliphatic carbocycles. The molecule has 7 aromatic rings. The van der Waals surface area contributed by atoms with Gasteiger partial charge in [0.1, 0.15) is 5.58 Å². The first kappa shape index (κ1) is 19.4. The molecule has 2 nitrogen and oxygen atoms in total. The van der Waals surface area contributed by atoms with Gasteiger partial charge in [-0.3, -0.25) is 0 Å². The predicted molar refractivity (Wildman–Crippen MR) is 156 cm³/mol. The Balaban J connectivity index is 1.46. The lowest BCUT2D eigenvalue weighted by Crippen LogP contribution is -2.54. The van der Waals surface area contributed by atoms with Gasteiger partial charge in [0.15, 0.2) is 0 Å². The fourth-order valence-corrected chi connectivity index (χ4v) is 6.84. The second-order valence-corrected chi connectivity index (χ2v) is 10.0. The molecule has 0 saturated carbocycles. The molecule has 2 aliphatic heterocycles. The fraction of sp³-hybridized carbons (Fsp3) is 0. The molecule has 0 radical (unpaired) electrons. The maximum atomic E-state index is 6.99. The zero-order valence-electron chi connectivity index (χ0n) is 20.0. The lowest BCUT2D eigenvalue weighted by molar-refractivity contribution is 0.656. The Morgan fingerprint density at radius 3 is 2.03 bits per heavy atom. The first-order chi connectivity index (χ1) is 18.4. The van der Waals surface area contributed by atoms with Gasteiger partial charge in [-0.1, -0.05) is 97.1 Å². The number of benzene rings is 6. The molecule has 0 unspecified atom stereocenters. The lowest BCUT2D eigenvalue weighted by Gasteiger charge is -2.35. The number of hydrogen-bond acceptors (Lipinski definition) is 2. The van der Waals surface area contributed by atoms with Crippen LogP contribution in [0.4, 0.5) is 17.1 Å². The van der Waals surface area contributed by atoms with E-state index in [9.17, 15) is 0 Å². The summed E-state index contributed by atoms with van der Waals surface area (Å²) in [6.45, 7) is 0.0716. The van der Waals surface area contributed by atoms with Gasteiger partial charge in [-0.2, -0.15) is 0 Å². The Bertz CT molecular complexity index is 2060. The van der Waals surface area contributed by atoms with Crippen LogP contribution in [0.25, 0.3) is 43.6 Å². The summed E-state index contributed by atoms with van der Waals surface area (Å²) in [7, 11) is 0. The van der Waals surface area contributed by atoms with E-state index in [4.69, 9.17) is 4.42 Å². The van der Waals surface area contributed by atoms with Crippen molar-refractivity contribution in [3.8, 4) is 11.1 Å². The van der Waals surface area contributed by atoms with Gasteiger partial charge in [0, 0.05) is 33.4 Å². The molecule has 3 heteroatoms. The Kier molecular flexibility index (Phi) is 3.64. The summed E-state index contributed by atoms with van der Waals surface area (Å²) in [4.78, 5) is 2.41. The van der Waals surface area contributed by atoms with Crippen LogP contribution in [-0.2, 0) is 0 Å². The molecule has 0 bridgehead atoms. The molecule has 0 N–H and O–H groups in total. The van der Waals surface area contributed by atoms with Crippen LogP contribution in [0.2, 0.25) is 0 Å². The van der Waals surface area contributed by atoms with Crippen LogP contribution in [0.5, 0.6) is 0 Å². The minimum absolute atomic E-state index is 0.0716. The summed E-state index contributed by atoms with van der Waals surface area (Å²) < 4.78 is 6.99. The predicted octanol–water partition coefficient (Wildman–Crippen LogP) is 7.02. The molecule has 0 atom stereocenters. The van der Waals surface area contributed by atoms with Crippen LogP contribution in [0.1, 0.15) is 0 Å². The van der Waals surface area contributed by atoms with E-state index >= 15 is 0 Å². The first-order valence-corrected chi connectivity index (χ1v) is 12.8. The number of rotatable bonds is 1. The summed E-state index contributed by atoms with van der Waals surface area (Å²) in [5, 5.41) is 6.18. The molecule has 37 heavy (non-hydrogen) atoms. The van der Waals surface area contributed by atoms with Gasteiger partial charge in [0.05, 0.1) is 5.66 Å². The van der Waals surface area contributed by atoms with Gasteiger partial charge >= 0.3 is 0 Å². The highest BCUT2D eigenvalue weighted by molar-refractivity contribution is 7.01. The van der Waals surface area contributed by atoms with Crippen molar-refractivity contribution in [2.75, 3.05) is 4.90 Å². The van der Waals surface area contributed by atoms with E-state index < -0.39 is 0 Å². The van der Waals surface area contributed by atoms with E-state index in [1.165, 1.54) is 66.0 Å². The Hall–Kier alpha value is -4.76. The normalized spacial score (nSPS) is 13.3. The summed E-state index contributed by atoms with van der Waals surface area (Å²) >= 11 is 0. The van der Waals surface area contributed by atoms with E-state index in [1.54, 1.807) is 0 Å². The second-order valence-electron chi connectivity index (χ2n) is 10.0. The van der Waals surface area contributed by atoms with E-state index in [0.29, 0.717) is 0 Å². The molecule has 9 rings (SSSR count). The van der Waals surface area contributed by atoms with Crippen LogP contribution < -0.4 is 21.5 Å². The fourth-order valence-electron chi connectivity index (χ4n) is 6.84. The topological polar surface area (TPSA) is 16.4 Å². The molecule has 6 aromatic carbocycles. The van der Waals surface area contributed by atoms with Gasteiger partial charge in [-0.15, -0.1) is 0 Å². The number of hydrogen-bond donors (Lipinski definition) is 0. The average Bonchev–Trinajstić information content (AvgIpc) is 3.51. The van der Waals surface area contributed by atoms with Gasteiger partial charge in [-0.25, -0.2) is 0 Å². The highest BCUT2D eigenvalue weighted by atomic mass is 16.3. The molecule has 2 aliphatic rings. The first-order valence-electron chi connectivity index (χ1n) is 12.8. The maximum absolute atomic E-state index is 6.99. The van der Waals surface area contributed by atoms with Crippen molar-refractivity contribution in [1.29, 1.82) is 0 Å². The van der Waals surface area contributed by atoms with Crippen molar-refractivity contribution in [2.45, 2.75) is 0 Å². The van der Waals surface area contributed by atoms with Crippen molar-refractivity contribution >= 4 is 72.9 Å².